The monoisotopic (exact) mass is 433 g/mol. The Morgan fingerprint density at radius 3 is 2.13 bits per heavy atom. The van der Waals surface area contributed by atoms with Gasteiger partial charge in [-0.15, -0.1) is 0 Å². The Labute approximate surface area is 182 Å². The van der Waals surface area contributed by atoms with Gasteiger partial charge in [0.1, 0.15) is 0 Å². The van der Waals surface area contributed by atoms with Crippen LogP contribution in [0.1, 0.15) is 30.1 Å². The molecule has 170 valence electrons. The summed E-state index contributed by atoms with van der Waals surface area (Å²) in [6.07, 6.45) is 1.98. The highest BCUT2D eigenvalue weighted by Crippen LogP contribution is 2.29. The lowest BCUT2D eigenvalue weighted by Crippen LogP contribution is -2.55. The van der Waals surface area contributed by atoms with Crippen molar-refractivity contribution in [2.75, 3.05) is 66.2 Å². The largest absolute Gasteiger partial charge is 0.493 e. The second kappa shape index (κ2) is 11.0. The Hall–Kier alpha value is -2.81. The van der Waals surface area contributed by atoms with Crippen LogP contribution in [0.4, 0.5) is 0 Å². The number of amides is 3. The zero-order valence-corrected chi connectivity index (χ0v) is 18.3. The Morgan fingerprint density at radius 1 is 0.903 bits per heavy atom. The fourth-order valence-electron chi connectivity index (χ4n) is 3.58. The first-order valence-electron chi connectivity index (χ1n) is 10.8. The molecule has 1 aromatic carbocycles. The van der Waals surface area contributed by atoms with Gasteiger partial charge in [-0.1, -0.05) is 13.3 Å². The number of methoxy groups -OCH3 is 1. The van der Waals surface area contributed by atoms with E-state index in [0.29, 0.717) is 76.2 Å². The van der Waals surface area contributed by atoms with Crippen molar-refractivity contribution in [2.24, 2.45) is 0 Å². The molecular formula is C22H31N3O6. The molecule has 2 aliphatic heterocycles. The molecule has 0 unspecified atom stereocenters. The van der Waals surface area contributed by atoms with Crippen LogP contribution in [-0.4, -0.2) is 98.6 Å². The van der Waals surface area contributed by atoms with Gasteiger partial charge in [-0.2, -0.15) is 0 Å². The van der Waals surface area contributed by atoms with Crippen molar-refractivity contribution in [3.05, 3.63) is 23.8 Å². The van der Waals surface area contributed by atoms with Gasteiger partial charge < -0.3 is 28.9 Å². The van der Waals surface area contributed by atoms with E-state index in [1.807, 2.05) is 0 Å². The summed E-state index contributed by atoms with van der Waals surface area (Å²) in [5.74, 6) is -0.00264. The van der Waals surface area contributed by atoms with Gasteiger partial charge in [0.2, 0.25) is 0 Å². The van der Waals surface area contributed by atoms with Gasteiger partial charge in [-0.05, 0) is 24.6 Å². The Morgan fingerprint density at radius 2 is 1.52 bits per heavy atom. The van der Waals surface area contributed by atoms with Crippen molar-refractivity contribution in [1.29, 1.82) is 0 Å². The summed E-state index contributed by atoms with van der Waals surface area (Å²) in [4.78, 5) is 42.6. The second-order valence-electron chi connectivity index (χ2n) is 7.56. The van der Waals surface area contributed by atoms with E-state index in [9.17, 15) is 14.4 Å². The number of carbonyl (C=O) groups is 3. The summed E-state index contributed by atoms with van der Waals surface area (Å²) in [6, 6.07) is 5.16. The molecule has 2 saturated heterocycles. The number of unbranched alkanes of at least 4 members (excludes halogenated alkanes) is 1. The summed E-state index contributed by atoms with van der Waals surface area (Å²) in [5, 5.41) is 0. The van der Waals surface area contributed by atoms with E-state index >= 15 is 0 Å². The topological polar surface area (TPSA) is 88.6 Å². The van der Waals surface area contributed by atoms with E-state index < -0.39 is 11.8 Å². The van der Waals surface area contributed by atoms with Crippen molar-refractivity contribution in [1.82, 2.24) is 14.7 Å². The van der Waals surface area contributed by atoms with Crippen LogP contribution < -0.4 is 9.47 Å². The molecule has 3 amide bonds. The average Bonchev–Trinajstić information content (AvgIpc) is 2.83. The number of hydrogen-bond acceptors (Lipinski definition) is 6. The molecule has 31 heavy (non-hydrogen) atoms. The van der Waals surface area contributed by atoms with Gasteiger partial charge >= 0.3 is 11.8 Å². The summed E-state index contributed by atoms with van der Waals surface area (Å²) in [7, 11) is 1.55. The lowest BCUT2D eigenvalue weighted by atomic mass is 10.1. The highest BCUT2D eigenvalue weighted by atomic mass is 16.5. The van der Waals surface area contributed by atoms with Crippen molar-refractivity contribution < 1.29 is 28.6 Å². The van der Waals surface area contributed by atoms with Crippen molar-refractivity contribution >= 4 is 17.7 Å². The summed E-state index contributed by atoms with van der Waals surface area (Å²) in [6.45, 7) is 5.86. The van der Waals surface area contributed by atoms with Crippen molar-refractivity contribution in [2.45, 2.75) is 19.8 Å². The van der Waals surface area contributed by atoms with Crippen LogP contribution in [0.5, 0.6) is 11.5 Å². The van der Waals surface area contributed by atoms with E-state index in [-0.39, 0.29) is 5.91 Å². The lowest BCUT2D eigenvalue weighted by Gasteiger charge is -2.36. The number of carbonyl (C=O) groups excluding carboxylic acids is 3. The Balaban J connectivity index is 1.56. The number of rotatable bonds is 6. The molecule has 2 heterocycles. The fraction of sp³-hybridized carbons (Fsp3) is 0.591. The molecule has 9 nitrogen and oxygen atoms in total. The van der Waals surface area contributed by atoms with Gasteiger partial charge in [-0.3, -0.25) is 14.4 Å². The molecule has 0 radical (unpaired) electrons. The molecule has 3 rings (SSSR count). The molecule has 0 spiro atoms. The molecule has 2 aliphatic rings. The minimum absolute atomic E-state index is 0.134. The van der Waals surface area contributed by atoms with Gasteiger partial charge in [0.15, 0.2) is 11.5 Å². The maximum absolute atomic E-state index is 12.9. The number of morpholine rings is 1. The van der Waals surface area contributed by atoms with Crippen molar-refractivity contribution in [3.63, 3.8) is 0 Å². The number of piperazine rings is 1. The smallest absolute Gasteiger partial charge is 0.312 e. The first-order valence-corrected chi connectivity index (χ1v) is 10.8. The van der Waals surface area contributed by atoms with Crippen LogP contribution in [0.3, 0.4) is 0 Å². The Bertz CT molecular complexity index is 785. The summed E-state index contributed by atoms with van der Waals surface area (Å²) in [5.41, 5.74) is 0.504. The number of ether oxygens (including phenoxy) is 3. The number of benzene rings is 1. The first kappa shape index (κ1) is 22.9. The molecular weight excluding hydrogens is 402 g/mol. The molecule has 0 aliphatic carbocycles. The highest BCUT2D eigenvalue weighted by molar-refractivity contribution is 6.34. The molecule has 2 fully saturated rings. The van der Waals surface area contributed by atoms with Crippen LogP contribution >= 0.6 is 0 Å². The standard InChI is InChI=1S/C22H31N3O6/c1-3-4-13-31-18-6-5-17(16-19(18)29-2)20(26)23-7-9-24(10-8-23)21(27)22(28)25-11-14-30-15-12-25/h5-6,16H,3-4,7-15H2,1-2H3. The summed E-state index contributed by atoms with van der Waals surface area (Å²) < 4.78 is 16.3. The predicted molar refractivity (Wildman–Crippen MR) is 113 cm³/mol. The Kier molecular flexibility index (Phi) is 8.11. The van der Waals surface area contributed by atoms with Crippen LogP contribution in [0.25, 0.3) is 0 Å². The van der Waals surface area contributed by atoms with Crippen LogP contribution in [0.15, 0.2) is 18.2 Å². The van der Waals surface area contributed by atoms with E-state index in [4.69, 9.17) is 14.2 Å². The average molecular weight is 434 g/mol. The van der Waals surface area contributed by atoms with Gasteiger partial charge in [-0.25, -0.2) is 0 Å². The lowest BCUT2D eigenvalue weighted by molar-refractivity contribution is -0.154. The van der Waals surface area contributed by atoms with E-state index in [1.54, 1.807) is 30.2 Å². The molecule has 9 heteroatoms. The van der Waals surface area contributed by atoms with Crippen molar-refractivity contribution in [3.8, 4) is 11.5 Å². The number of nitrogens with zero attached hydrogens (tertiary/aromatic N) is 3. The second-order valence-corrected chi connectivity index (χ2v) is 7.56. The van der Waals surface area contributed by atoms with Gasteiger partial charge in [0.05, 0.1) is 26.9 Å². The SMILES string of the molecule is CCCCOc1ccc(C(=O)N2CCN(C(=O)C(=O)N3CCOCC3)CC2)cc1OC. The quantitative estimate of drug-likeness (QED) is 0.492. The van der Waals surface area contributed by atoms with Gasteiger partial charge in [0, 0.05) is 44.8 Å². The minimum atomic E-state index is -0.510. The first-order chi connectivity index (χ1) is 15.0. The third-order valence-corrected chi connectivity index (χ3v) is 5.50. The van der Waals surface area contributed by atoms with Crippen LogP contribution in [-0.2, 0) is 14.3 Å². The molecule has 0 N–H and O–H groups in total. The maximum Gasteiger partial charge on any atom is 0.312 e. The highest BCUT2D eigenvalue weighted by Gasteiger charge is 2.31. The number of hydrogen-bond donors (Lipinski definition) is 0. The third kappa shape index (κ3) is 5.66. The summed E-state index contributed by atoms with van der Waals surface area (Å²) >= 11 is 0. The van der Waals surface area contributed by atoms with E-state index in [0.717, 1.165) is 12.8 Å². The third-order valence-electron chi connectivity index (χ3n) is 5.50. The molecule has 1 aromatic rings. The minimum Gasteiger partial charge on any atom is -0.493 e. The predicted octanol–water partition coefficient (Wildman–Crippen LogP) is 1.02. The molecule has 0 bridgehead atoms. The molecule has 0 saturated carbocycles. The van der Waals surface area contributed by atoms with Crippen LogP contribution in [0.2, 0.25) is 0 Å². The fourth-order valence-corrected chi connectivity index (χ4v) is 3.58. The van der Waals surface area contributed by atoms with E-state index in [1.165, 1.54) is 9.80 Å². The molecule has 0 atom stereocenters. The van der Waals surface area contributed by atoms with E-state index in [2.05, 4.69) is 6.92 Å². The van der Waals surface area contributed by atoms with Crippen LogP contribution in [0, 0.1) is 0 Å². The maximum atomic E-state index is 12.9. The normalized spacial score (nSPS) is 16.8. The molecule has 0 aromatic heterocycles. The zero-order valence-electron chi connectivity index (χ0n) is 18.3. The zero-order chi connectivity index (χ0) is 22.2. The van der Waals surface area contributed by atoms with Gasteiger partial charge in [0.25, 0.3) is 5.91 Å².